The lowest BCUT2D eigenvalue weighted by molar-refractivity contribution is -0.113. The van der Waals surface area contributed by atoms with Crippen molar-refractivity contribution in [3.05, 3.63) is 111 Å². The lowest BCUT2D eigenvalue weighted by Crippen LogP contribution is -2.41. The van der Waals surface area contributed by atoms with Crippen LogP contribution in [0.15, 0.2) is 94.2 Å². The molecule has 2 amide bonds. The molecule has 1 fully saturated rings. The third-order valence-corrected chi connectivity index (χ3v) is 11.7. The molecule has 9 nitrogen and oxygen atoms in total. The zero-order valence-electron chi connectivity index (χ0n) is 27.1. The molecule has 6 aromatic rings. The molecule has 0 aliphatic carbocycles. The van der Waals surface area contributed by atoms with Crippen LogP contribution in [0.4, 0.5) is 5.00 Å². The van der Waals surface area contributed by atoms with Crippen LogP contribution in [0, 0.1) is 6.92 Å². The predicted octanol–water partition coefficient (Wildman–Crippen LogP) is 8.02. The van der Waals surface area contributed by atoms with Crippen molar-refractivity contribution >= 4 is 73.1 Å². The molecule has 3 aromatic heterocycles. The fourth-order valence-electron chi connectivity index (χ4n) is 5.92. The molecule has 1 aliphatic heterocycles. The van der Waals surface area contributed by atoms with Crippen molar-refractivity contribution in [3.8, 4) is 33.0 Å². The van der Waals surface area contributed by atoms with E-state index in [0.29, 0.717) is 74.3 Å². The molecule has 13 heteroatoms. The van der Waals surface area contributed by atoms with Gasteiger partial charge in [0.05, 0.1) is 42.7 Å². The summed E-state index contributed by atoms with van der Waals surface area (Å²) in [4.78, 5) is 50.1. The van der Waals surface area contributed by atoms with Crippen LogP contribution in [0.1, 0.15) is 15.9 Å². The standard InChI is InChI=1S/C37H31ClN4O5S3/c1-22-30(35(44)41-16-18-47-19-17-41)34(50-32(22)23-10-4-3-5-11-23)39-29(43)21-49-37-40-33-31(25(20-48-33)24-12-6-7-13-26(24)38)36(45)42(37)27-14-8-9-15-28(27)46-2/h3-15,20H,16-19,21H2,1-2H3,(H,39,43). The number of carbonyl (C=O) groups is 2. The van der Waals surface area contributed by atoms with Crippen LogP contribution in [-0.4, -0.2) is 65.4 Å². The van der Waals surface area contributed by atoms with Crippen LogP contribution in [0.3, 0.4) is 0 Å². The second kappa shape index (κ2) is 14.8. The molecule has 0 atom stereocenters. The molecule has 50 heavy (non-hydrogen) atoms. The first-order valence-corrected chi connectivity index (χ1v) is 18.8. The number of methoxy groups -OCH3 is 1. The lowest BCUT2D eigenvalue weighted by Gasteiger charge is -2.27. The van der Waals surface area contributed by atoms with E-state index in [9.17, 15) is 14.4 Å². The maximum atomic E-state index is 14.4. The van der Waals surface area contributed by atoms with Gasteiger partial charge < -0.3 is 19.7 Å². The number of rotatable bonds is 9. The van der Waals surface area contributed by atoms with Crippen LogP contribution in [0.25, 0.3) is 37.5 Å². The van der Waals surface area contributed by atoms with Crippen LogP contribution in [0.2, 0.25) is 5.02 Å². The molecule has 0 bridgehead atoms. The Kier molecular flexibility index (Phi) is 10.1. The molecule has 0 unspecified atom stereocenters. The zero-order chi connectivity index (χ0) is 34.8. The number of amides is 2. The van der Waals surface area contributed by atoms with Gasteiger partial charge in [-0.2, -0.15) is 0 Å². The van der Waals surface area contributed by atoms with E-state index >= 15 is 0 Å². The Morgan fingerprint density at radius 3 is 2.48 bits per heavy atom. The number of benzene rings is 3. The normalized spacial score (nSPS) is 13.1. The summed E-state index contributed by atoms with van der Waals surface area (Å²) < 4.78 is 12.6. The van der Waals surface area contributed by atoms with Gasteiger partial charge in [0.15, 0.2) is 5.16 Å². The lowest BCUT2D eigenvalue weighted by atomic mass is 10.1. The van der Waals surface area contributed by atoms with E-state index in [4.69, 9.17) is 26.1 Å². The number of aromatic nitrogens is 2. The summed E-state index contributed by atoms with van der Waals surface area (Å²) in [6, 6.07) is 24.4. The Bertz CT molecular complexity index is 2280. The number of ether oxygens (including phenoxy) is 2. The molecule has 254 valence electrons. The molecule has 0 radical (unpaired) electrons. The highest BCUT2D eigenvalue weighted by molar-refractivity contribution is 7.99. The van der Waals surface area contributed by atoms with Gasteiger partial charge in [0.1, 0.15) is 15.6 Å². The fraction of sp³-hybridized carbons (Fsp3) is 0.189. The average Bonchev–Trinajstić information content (AvgIpc) is 3.72. The Hall–Kier alpha value is -4.46. The van der Waals surface area contributed by atoms with Gasteiger partial charge in [-0.15, -0.1) is 22.7 Å². The van der Waals surface area contributed by atoms with Crippen LogP contribution in [0.5, 0.6) is 5.75 Å². The average molecular weight is 743 g/mol. The van der Waals surface area contributed by atoms with E-state index < -0.39 is 0 Å². The largest absolute Gasteiger partial charge is 0.495 e. The van der Waals surface area contributed by atoms with Gasteiger partial charge in [-0.1, -0.05) is 84.0 Å². The van der Waals surface area contributed by atoms with Crippen molar-refractivity contribution in [2.75, 3.05) is 44.5 Å². The van der Waals surface area contributed by atoms with E-state index in [1.165, 1.54) is 27.2 Å². The Morgan fingerprint density at radius 1 is 1.00 bits per heavy atom. The van der Waals surface area contributed by atoms with Crippen molar-refractivity contribution in [3.63, 3.8) is 0 Å². The molecular formula is C37H31ClN4O5S3. The van der Waals surface area contributed by atoms with Crippen molar-refractivity contribution in [2.24, 2.45) is 0 Å². The number of nitrogens with zero attached hydrogens (tertiary/aromatic N) is 3. The number of hydrogen-bond acceptors (Lipinski definition) is 9. The van der Waals surface area contributed by atoms with Gasteiger partial charge in [-0.25, -0.2) is 4.98 Å². The third kappa shape index (κ3) is 6.57. The highest BCUT2D eigenvalue weighted by Gasteiger charge is 2.28. The van der Waals surface area contributed by atoms with Gasteiger partial charge in [0.2, 0.25) is 5.91 Å². The minimum Gasteiger partial charge on any atom is -0.495 e. The summed E-state index contributed by atoms with van der Waals surface area (Å²) in [6.07, 6.45) is 0. The van der Waals surface area contributed by atoms with Gasteiger partial charge in [0.25, 0.3) is 11.5 Å². The SMILES string of the molecule is COc1ccccc1-n1c(SCC(=O)Nc2sc(-c3ccccc3)c(C)c2C(=O)N2CCOCC2)nc2scc(-c3ccccc3Cl)c2c1=O. The molecule has 7 rings (SSSR count). The van der Waals surface area contributed by atoms with E-state index in [-0.39, 0.29) is 23.1 Å². The first-order valence-electron chi connectivity index (χ1n) is 15.8. The molecular weight excluding hydrogens is 712 g/mol. The van der Waals surface area contributed by atoms with E-state index in [0.717, 1.165) is 33.3 Å². The number of carbonyl (C=O) groups excluding carboxylic acids is 2. The van der Waals surface area contributed by atoms with Crippen LogP contribution in [-0.2, 0) is 9.53 Å². The van der Waals surface area contributed by atoms with Crippen molar-refractivity contribution in [1.82, 2.24) is 14.5 Å². The van der Waals surface area contributed by atoms with E-state index in [1.54, 1.807) is 30.2 Å². The summed E-state index contributed by atoms with van der Waals surface area (Å²) in [7, 11) is 1.54. The predicted molar refractivity (Wildman–Crippen MR) is 203 cm³/mol. The molecule has 1 N–H and O–H groups in total. The quantitative estimate of drug-likeness (QED) is 0.118. The first-order chi connectivity index (χ1) is 24.4. The zero-order valence-corrected chi connectivity index (χ0v) is 30.3. The van der Waals surface area contributed by atoms with Gasteiger partial charge in [-0.3, -0.25) is 19.0 Å². The van der Waals surface area contributed by atoms with Gasteiger partial charge in [-0.05, 0) is 36.2 Å². The number of fused-ring (bicyclic) bond motifs is 1. The van der Waals surface area contributed by atoms with Crippen LogP contribution >= 0.6 is 46.0 Å². The number of anilines is 1. The minimum absolute atomic E-state index is 0.0708. The number of thioether (sulfide) groups is 1. The number of para-hydroxylation sites is 2. The maximum Gasteiger partial charge on any atom is 0.268 e. The first kappa shape index (κ1) is 34.0. The molecule has 1 aliphatic rings. The van der Waals surface area contributed by atoms with Gasteiger partial charge in [0, 0.05) is 39.5 Å². The summed E-state index contributed by atoms with van der Waals surface area (Å²) in [6.45, 7) is 3.81. The number of halogens is 1. The fourth-order valence-corrected chi connectivity index (χ4v) is 9.16. The second-order valence-electron chi connectivity index (χ2n) is 11.4. The summed E-state index contributed by atoms with van der Waals surface area (Å²) >= 11 is 10.4. The summed E-state index contributed by atoms with van der Waals surface area (Å²) in [5, 5.41) is 6.66. The summed E-state index contributed by atoms with van der Waals surface area (Å²) in [5.74, 6) is -0.0732. The summed E-state index contributed by atoms with van der Waals surface area (Å²) in [5.41, 5.74) is 3.85. The topological polar surface area (TPSA) is 103 Å². The number of nitrogens with one attached hydrogen (secondary N) is 1. The molecule has 1 saturated heterocycles. The Balaban J connectivity index is 1.25. The van der Waals surface area contributed by atoms with Crippen molar-refractivity contribution < 1.29 is 19.1 Å². The molecule has 4 heterocycles. The highest BCUT2D eigenvalue weighted by Crippen LogP contribution is 2.41. The van der Waals surface area contributed by atoms with Gasteiger partial charge >= 0.3 is 0 Å². The van der Waals surface area contributed by atoms with E-state index in [2.05, 4.69) is 5.32 Å². The van der Waals surface area contributed by atoms with E-state index in [1.807, 2.05) is 73.0 Å². The van der Waals surface area contributed by atoms with Crippen molar-refractivity contribution in [2.45, 2.75) is 12.1 Å². The smallest absolute Gasteiger partial charge is 0.268 e. The Labute approximate surface area is 305 Å². The second-order valence-corrected chi connectivity index (χ2v) is 14.6. The molecule has 3 aromatic carbocycles. The molecule has 0 saturated carbocycles. The Morgan fingerprint density at radius 2 is 1.72 bits per heavy atom. The van der Waals surface area contributed by atoms with Crippen molar-refractivity contribution in [1.29, 1.82) is 0 Å². The molecule has 0 spiro atoms. The number of hydrogen-bond donors (Lipinski definition) is 1. The maximum absolute atomic E-state index is 14.4. The minimum atomic E-state index is -0.337. The highest BCUT2D eigenvalue weighted by atomic mass is 35.5. The monoisotopic (exact) mass is 742 g/mol. The number of morpholine rings is 1. The van der Waals surface area contributed by atoms with Crippen LogP contribution < -0.4 is 15.6 Å². The third-order valence-electron chi connectivity index (χ3n) is 8.35. The number of thiophene rings is 2.